The number of amides is 1. The minimum Gasteiger partial charge on any atom is -0.444 e. The lowest BCUT2D eigenvalue weighted by Crippen LogP contribution is -2.51. The van der Waals surface area contributed by atoms with Gasteiger partial charge in [0.15, 0.2) is 5.82 Å². The Hall–Kier alpha value is -3.36. The molecule has 33 heavy (non-hydrogen) atoms. The average molecular weight is 450 g/mol. The molecule has 3 aromatic rings. The molecule has 2 saturated heterocycles. The number of rotatable bonds is 4. The van der Waals surface area contributed by atoms with Crippen molar-refractivity contribution in [2.75, 3.05) is 10.6 Å². The Labute approximate surface area is 193 Å². The summed E-state index contributed by atoms with van der Waals surface area (Å²) in [6.45, 7) is 7.70. The summed E-state index contributed by atoms with van der Waals surface area (Å²) in [5, 5.41) is 15.1. The first-order valence-electron chi connectivity index (χ1n) is 11.6. The third-order valence-corrected chi connectivity index (χ3v) is 6.24. The van der Waals surface area contributed by atoms with Crippen molar-refractivity contribution >= 4 is 34.4 Å². The first-order valence-corrected chi connectivity index (χ1v) is 11.6. The Morgan fingerprint density at radius 3 is 2.61 bits per heavy atom. The lowest BCUT2D eigenvalue weighted by atomic mass is 9.97. The zero-order valence-electron chi connectivity index (χ0n) is 19.6. The summed E-state index contributed by atoms with van der Waals surface area (Å²) in [5.41, 5.74) is 1.35. The molecule has 9 heteroatoms. The fourth-order valence-corrected chi connectivity index (χ4v) is 4.96. The van der Waals surface area contributed by atoms with Crippen LogP contribution in [-0.4, -0.2) is 54.9 Å². The molecular weight excluding hydrogens is 418 g/mol. The number of aromatic nitrogens is 4. The van der Waals surface area contributed by atoms with E-state index in [1.165, 1.54) is 0 Å². The van der Waals surface area contributed by atoms with Crippen LogP contribution in [0.1, 0.15) is 52.1 Å². The van der Waals surface area contributed by atoms with Crippen LogP contribution < -0.4 is 10.6 Å². The molecule has 1 amide bonds. The lowest BCUT2D eigenvalue weighted by molar-refractivity contribution is 0.00683. The number of hydrogen-bond acceptors (Lipinski definition) is 7. The van der Waals surface area contributed by atoms with E-state index in [2.05, 4.69) is 25.8 Å². The standard InChI is InChI=1S/C24H31N7O2/c1-14-10-21(30-29-14)27-20-13-19-18(6-5-9-25-19)22(28-20)26-15-11-16-7-8-17(12-15)31(16)23(32)33-24(2,3)4/h5-6,9-10,13,15-17H,7-8,11-12H2,1-4H3,(H3,26,27,28,29,30)/t15-,16-,17+. The number of H-pyrrole nitrogens is 1. The highest BCUT2D eigenvalue weighted by atomic mass is 16.6. The third kappa shape index (κ3) is 4.58. The topological polar surface area (TPSA) is 108 Å². The maximum atomic E-state index is 12.8. The van der Waals surface area contributed by atoms with Gasteiger partial charge in [-0.15, -0.1) is 0 Å². The molecule has 0 radical (unpaired) electrons. The van der Waals surface area contributed by atoms with Crippen LogP contribution in [-0.2, 0) is 4.74 Å². The number of hydrogen-bond donors (Lipinski definition) is 3. The van der Waals surface area contributed by atoms with Gasteiger partial charge in [0, 0.05) is 47.5 Å². The number of aryl methyl sites for hydroxylation is 1. The molecule has 5 heterocycles. The molecule has 3 aromatic heterocycles. The molecule has 9 nitrogen and oxygen atoms in total. The summed E-state index contributed by atoms with van der Waals surface area (Å²) in [6, 6.07) is 8.42. The van der Waals surface area contributed by atoms with Crippen molar-refractivity contribution < 1.29 is 9.53 Å². The minimum absolute atomic E-state index is 0.189. The highest BCUT2D eigenvalue weighted by Crippen LogP contribution is 2.38. The highest BCUT2D eigenvalue weighted by molar-refractivity contribution is 5.91. The van der Waals surface area contributed by atoms with Crippen molar-refractivity contribution in [3.05, 3.63) is 36.2 Å². The number of aromatic amines is 1. The van der Waals surface area contributed by atoms with E-state index in [4.69, 9.17) is 9.72 Å². The van der Waals surface area contributed by atoms with Gasteiger partial charge < -0.3 is 20.3 Å². The van der Waals surface area contributed by atoms with Crippen LogP contribution in [0.5, 0.6) is 0 Å². The number of carbonyl (C=O) groups excluding carboxylic acids is 1. The number of nitrogens with zero attached hydrogens (tertiary/aromatic N) is 4. The molecule has 2 fully saturated rings. The first-order chi connectivity index (χ1) is 15.7. The summed E-state index contributed by atoms with van der Waals surface area (Å²) < 4.78 is 5.67. The van der Waals surface area contributed by atoms with E-state index in [1.807, 2.05) is 56.9 Å². The predicted octanol–water partition coefficient (Wildman–Crippen LogP) is 4.75. The summed E-state index contributed by atoms with van der Waals surface area (Å²) in [5.74, 6) is 2.19. The van der Waals surface area contributed by atoms with Crippen LogP contribution in [0.3, 0.4) is 0 Å². The van der Waals surface area contributed by atoms with Gasteiger partial charge in [-0.2, -0.15) is 5.10 Å². The SMILES string of the molecule is Cc1cc(Nc2cc3ncccc3c(N[C@@H]3C[C@H]4CC[C@@H](C3)N4C(=O)OC(C)(C)C)n2)n[nH]1. The van der Waals surface area contributed by atoms with Crippen LogP contribution >= 0.6 is 0 Å². The van der Waals surface area contributed by atoms with Gasteiger partial charge >= 0.3 is 6.09 Å². The Balaban J connectivity index is 1.36. The molecule has 0 aromatic carbocycles. The van der Waals surface area contributed by atoms with E-state index in [-0.39, 0.29) is 24.2 Å². The molecule has 174 valence electrons. The summed E-state index contributed by atoms with van der Waals surface area (Å²) in [4.78, 5) is 24.1. The predicted molar refractivity (Wildman–Crippen MR) is 128 cm³/mol. The van der Waals surface area contributed by atoms with Gasteiger partial charge in [0.1, 0.15) is 17.2 Å². The Morgan fingerprint density at radius 2 is 1.94 bits per heavy atom. The maximum absolute atomic E-state index is 12.8. The molecule has 5 rings (SSSR count). The van der Waals surface area contributed by atoms with Gasteiger partial charge in [-0.3, -0.25) is 10.1 Å². The zero-order chi connectivity index (χ0) is 23.2. The van der Waals surface area contributed by atoms with Crippen LogP contribution in [0, 0.1) is 6.92 Å². The summed E-state index contributed by atoms with van der Waals surface area (Å²) >= 11 is 0. The van der Waals surface area contributed by atoms with Gasteiger partial charge in [-0.1, -0.05) is 0 Å². The summed E-state index contributed by atoms with van der Waals surface area (Å²) in [7, 11) is 0. The van der Waals surface area contributed by atoms with Crippen molar-refractivity contribution in [1.29, 1.82) is 0 Å². The van der Waals surface area contributed by atoms with Crippen LogP contribution in [0.25, 0.3) is 10.9 Å². The van der Waals surface area contributed by atoms with Gasteiger partial charge in [-0.05, 0) is 65.5 Å². The van der Waals surface area contributed by atoms with E-state index in [0.717, 1.165) is 48.1 Å². The molecule has 2 aliphatic heterocycles. The number of piperidine rings is 1. The van der Waals surface area contributed by atoms with Gasteiger partial charge in [0.05, 0.1) is 5.52 Å². The Kier molecular flexibility index (Phi) is 5.34. The summed E-state index contributed by atoms with van der Waals surface area (Å²) in [6.07, 6.45) is 5.36. The van der Waals surface area contributed by atoms with Gasteiger partial charge in [0.2, 0.25) is 0 Å². The van der Waals surface area contributed by atoms with Crippen molar-refractivity contribution in [3.63, 3.8) is 0 Å². The quantitative estimate of drug-likeness (QED) is 0.527. The van der Waals surface area contributed by atoms with Crippen LogP contribution in [0.15, 0.2) is 30.5 Å². The van der Waals surface area contributed by atoms with E-state index in [1.54, 1.807) is 6.20 Å². The second kappa shape index (κ2) is 8.20. The Morgan fingerprint density at radius 1 is 1.18 bits per heavy atom. The molecule has 0 spiro atoms. The molecule has 0 saturated carbocycles. The van der Waals surface area contributed by atoms with Crippen LogP contribution in [0.2, 0.25) is 0 Å². The normalized spacial score (nSPS) is 22.4. The van der Waals surface area contributed by atoms with E-state index >= 15 is 0 Å². The van der Waals surface area contributed by atoms with E-state index in [9.17, 15) is 4.79 Å². The molecule has 0 unspecified atom stereocenters. The average Bonchev–Trinajstić information content (AvgIpc) is 3.27. The van der Waals surface area contributed by atoms with E-state index in [0.29, 0.717) is 11.6 Å². The van der Waals surface area contributed by atoms with Crippen molar-refractivity contribution in [2.24, 2.45) is 0 Å². The highest BCUT2D eigenvalue weighted by Gasteiger charge is 2.45. The van der Waals surface area contributed by atoms with Crippen LogP contribution in [0.4, 0.5) is 22.2 Å². The van der Waals surface area contributed by atoms with Crippen molar-refractivity contribution in [2.45, 2.75) is 77.1 Å². The fourth-order valence-electron chi connectivity index (χ4n) is 4.96. The number of nitrogens with one attached hydrogen (secondary N) is 3. The molecular formula is C24H31N7O2. The third-order valence-electron chi connectivity index (χ3n) is 6.24. The minimum atomic E-state index is -0.484. The smallest absolute Gasteiger partial charge is 0.410 e. The fraction of sp³-hybridized carbons (Fsp3) is 0.500. The first kappa shape index (κ1) is 21.5. The molecule has 2 aliphatic rings. The lowest BCUT2D eigenvalue weighted by Gasteiger charge is -2.39. The molecule has 3 N–H and O–H groups in total. The second-order valence-corrected chi connectivity index (χ2v) is 10.1. The van der Waals surface area contributed by atoms with E-state index < -0.39 is 5.60 Å². The second-order valence-electron chi connectivity index (χ2n) is 10.1. The molecule has 0 aliphatic carbocycles. The largest absolute Gasteiger partial charge is 0.444 e. The number of ether oxygens (including phenoxy) is 1. The molecule has 2 bridgehead atoms. The van der Waals surface area contributed by atoms with Gasteiger partial charge in [-0.25, -0.2) is 9.78 Å². The molecule has 3 atom stereocenters. The number of fused-ring (bicyclic) bond motifs is 3. The van der Waals surface area contributed by atoms with Crippen molar-refractivity contribution in [3.8, 4) is 0 Å². The monoisotopic (exact) mass is 449 g/mol. The number of anilines is 3. The number of carbonyl (C=O) groups is 1. The van der Waals surface area contributed by atoms with Gasteiger partial charge in [0.25, 0.3) is 0 Å². The maximum Gasteiger partial charge on any atom is 0.410 e. The zero-order valence-corrected chi connectivity index (χ0v) is 19.6. The Bertz CT molecular complexity index is 1160. The number of pyridine rings is 2. The van der Waals surface area contributed by atoms with Crippen molar-refractivity contribution in [1.82, 2.24) is 25.1 Å².